The molecule has 3 aromatic carbocycles. The van der Waals surface area contributed by atoms with E-state index in [0.29, 0.717) is 22.0 Å². The number of anilines is 2. The van der Waals surface area contributed by atoms with Gasteiger partial charge in [-0.2, -0.15) is 0 Å². The molecule has 3 aromatic rings. The number of benzene rings is 3. The summed E-state index contributed by atoms with van der Waals surface area (Å²) in [4.78, 5) is 35.9. The third kappa shape index (κ3) is 7.52. The van der Waals surface area contributed by atoms with Gasteiger partial charge in [-0.25, -0.2) is 4.79 Å². The Labute approximate surface area is 196 Å². The third-order valence-electron chi connectivity index (χ3n) is 4.27. The molecule has 2 N–H and O–H groups in total. The Kier molecular flexibility index (Phi) is 8.21. The molecule has 0 aliphatic carbocycles. The predicted octanol–water partition coefficient (Wildman–Crippen LogP) is 5.78. The lowest BCUT2D eigenvalue weighted by atomic mass is 10.2. The second-order valence-electron chi connectivity index (χ2n) is 6.72. The number of carbonyl (C=O) groups excluding carboxylic acids is 3. The molecule has 168 valence electrons. The molecule has 0 heterocycles. The zero-order chi connectivity index (χ0) is 23.6. The topological polar surface area (TPSA) is 93.7 Å². The molecule has 0 radical (unpaired) electrons. The van der Waals surface area contributed by atoms with Crippen molar-refractivity contribution < 1.29 is 23.9 Å². The van der Waals surface area contributed by atoms with Gasteiger partial charge >= 0.3 is 6.16 Å². The first-order valence-corrected chi connectivity index (χ1v) is 10.4. The van der Waals surface area contributed by atoms with E-state index in [4.69, 9.17) is 21.1 Å². The summed E-state index contributed by atoms with van der Waals surface area (Å²) in [5, 5.41) is 6.10. The smallest absolute Gasteiger partial charge is 0.434 e. The molecule has 0 atom stereocenters. The standard InChI is InChI=1S/C25H21ClN2O5/c1-2-32-25(31)33-22-13-7-18(8-14-22)24(30)28-21-11-9-20(10-12-21)27-23(29)15-6-17-4-3-5-19(26)16-17/h3-16H,2H2,1H3,(H,27,29)(H,28,30)/b15-6+. The fourth-order valence-electron chi connectivity index (χ4n) is 2.72. The van der Waals surface area contributed by atoms with Gasteiger partial charge in [-0.15, -0.1) is 0 Å². The summed E-state index contributed by atoms with van der Waals surface area (Å²) in [7, 11) is 0. The average Bonchev–Trinajstić information content (AvgIpc) is 2.80. The van der Waals surface area contributed by atoms with Crippen LogP contribution in [0, 0.1) is 0 Å². The van der Waals surface area contributed by atoms with Crippen molar-refractivity contribution in [2.75, 3.05) is 17.2 Å². The highest BCUT2D eigenvalue weighted by Crippen LogP contribution is 2.17. The van der Waals surface area contributed by atoms with Crippen molar-refractivity contribution in [2.24, 2.45) is 0 Å². The molecule has 33 heavy (non-hydrogen) atoms. The number of hydrogen-bond acceptors (Lipinski definition) is 5. The van der Waals surface area contributed by atoms with Gasteiger partial charge < -0.3 is 20.1 Å². The fourth-order valence-corrected chi connectivity index (χ4v) is 2.92. The lowest BCUT2D eigenvalue weighted by Crippen LogP contribution is -2.13. The first-order valence-electron chi connectivity index (χ1n) is 10.0. The maximum Gasteiger partial charge on any atom is 0.513 e. The van der Waals surface area contributed by atoms with Gasteiger partial charge in [-0.3, -0.25) is 9.59 Å². The van der Waals surface area contributed by atoms with Crippen molar-refractivity contribution in [1.29, 1.82) is 0 Å². The first kappa shape index (κ1) is 23.6. The predicted molar refractivity (Wildman–Crippen MR) is 128 cm³/mol. The van der Waals surface area contributed by atoms with Gasteiger partial charge in [0.05, 0.1) is 6.61 Å². The SMILES string of the molecule is CCOC(=O)Oc1ccc(C(=O)Nc2ccc(NC(=O)/C=C/c3cccc(Cl)c3)cc2)cc1. The Morgan fingerprint density at radius 1 is 0.909 bits per heavy atom. The molecule has 0 bridgehead atoms. The van der Waals surface area contributed by atoms with Gasteiger partial charge in [0.2, 0.25) is 5.91 Å². The number of hydrogen-bond donors (Lipinski definition) is 2. The zero-order valence-corrected chi connectivity index (χ0v) is 18.5. The van der Waals surface area contributed by atoms with E-state index in [-0.39, 0.29) is 24.2 Å². The Hall–Kier alpha value is -4.10. The number of nitrogens with one attached hydrogen (secondary N) is 2. The molecular formula is C25H21ClN2O5. The van der Waals surface area contributed by atoms with Crippen LogP contribution in [0.4, 0.5) is 16.2 Å². The maximum absolute atomic E-state index is 12.4. The van der Waals surface area contributed by atoms with E-state index in [0.717, 1.165) is 5.56 Å². The monoisotopic (exact) mass is 464 g/mol. The molecule has 8 heteroatoms. The van der Waals surface area contributed by atoms with Crippen molar-refractivity contribution in [1.82, 2.24) is 0 Å². The van der Waals surface area contributed by atoms with E-state index in [2.05, 4.69) is 10.6 Å². The minimum absolute atomic E-state index is 0.210. The molecule has 0 spiro atoms. The van der Waals surface area contributed by atoms with E-state index < -0.39 is 6.16 Å². The Morgan fingerprint density at radius 3 is 2.21 bits per heavy atom. The molecule has 0 aliphatic heterocycles. The van der Waals surface area contributed by atoms with Crippen molar-refractivity contribution in [3.05, 3.63) is 95.0 Å². The highest BCUT2D eigenvalue weighted by molar-refractivity contribution is 6.30. The van der Waals surface area contributed by atoms with Gasteiger partial charge in [0.25, 0.3) is 5.91 Å². The number of ether oxygens (including phenoxy) is 2. The molecule has 0 aromatic heterocycles. The number of rotatable bonds is 7. The van der Waals surface area contributed by atoms with Crippen LogP contribution >= 0.6 is 11.6 Å². The summed E-state index contributed by atoms with van der Waals surface area (Å²) in [6.45, 7) is 1.89. The number of amides is 2. The molecule has 0 unspecified atom stereocenters. The summed E-state index contributed by atoms with van der Waals surface area (Å²) >= 11 is 5.93. The molecule has 0 saturated heterocycles. The van der Waals surface area contributed by atoms with Crippen LogP contribution < -0.4 is 15.4 Å². The minimum atomic E-state index is -0.804. The maximum atomic E-state index is 12.4. The molecular weight excluding hydrogens is 444 g/mol. The zero-order valence-electron chi connectivity index (χ0n) is 17.7. The second kappa shape index (κ2) is 11.5. The minimum Gasteiger partial charge on any atom is -0.434 e. The summed E-state index contributed by atoms with van der Waals surface area (Å²) < 4.78 is 9.66. The van der Waals surface area contributed by atoms with Crippen molar-refractivity contribution in [3.8, 4) is 5.75 Å². The molecule has 3 rings (SSSR count). The van der Waals surface area contributed by atoms with Crippen molar-refractivity contribution in [2.45, 2.75) is 6.92 Å². The number of halogens is 1. The molecule has 2 amide bonds. The van der Waals surface area contributed by atoms with Gasteiger partial charge in [0, 0.05) is 28.0 Å². The van der Waals surface area contributed by atoms with E-state index in [1.807, 2.05) is 6.07 Å². The van der Waals surface area contributed by atoms with Gasteiger partial charge in [-0.05, 0) is 79.2 Å². The van der Waals surface area contributed by atoms with E-state index in [9.17, 15) is 14.4 Å². The highest BCUT2D eigenvalue weighted by Gasteiger charge is 2.09. The average molecular weight is 465 g/mol. The normalized spacial score (nSPS) is 10.5. The lowest BCUT2D eigenvalue weighted by Gasteiger charge is -2.08. The van der Waals surface area contributed by atoms with Crippen molar-refractivity contribution in [3.63, 3.8) is 0 Å². The van der Waals surface area contributed by atoms with Crippen LogP contribution in [0.15, 0.2) is 78.9 Å². The number of carbonyl (C=O) groups is 3. The van der Waals surface area contributed by atoms with Gasteiger partial charge in [0.1, 0.15) is 5.75 Å². The van der Waals surface area contributed by atoms with Crippen LogP contribution in [0.1, 0.15) is 22.8 Å². The Morgan fingerprint density at radius 2 is 1.58 bits per heavy atom. The van der Waals surface area contributed by atoms with Crippen LogP contribution in [0.25, 0.3) is 6.08 Å². The second-order valence-corrected chi connectivity index (χ2v) is 7.15. The fraction of sp³-hybridized carbons (Fsp3) is 0.0800. The first-order chi connectivity index (χ1) is 15.9. The van der Waals surface area contributed by atoms with E-state index in [1.165, 1.54) is 30.3 Å². The molecule has 0 saturated carbocycles. The van der Waals surface area contributed by atoms with Gasteiger partial charge in [0.15, 0.2) is 0 Å². The Balaban J connectivity index is 1.53. The third-order valence-corrected chi connectivity index (χ3v) is 4.50. The van der Waals surface area contributed by atoms with Crippen LogP contribution in [-0.4, -0.2) is 24.6 Å². The van der Waals surface area contributed by atoms with Crippen LogP contribution in [-0.2, 0) is 9.53 Å². The summed E-state index contributed by atoms with van der Waals surface area (Å²) in [6, 6.07) is 19.9. The molecule has 0 fully saturated rings. The quantitative estimate of drug-likeness (QED) is 0.262. The van der Waals surface area contributed by atoms with Crippen LogP contribution in [0.2, 0.25) is 5.02 Å². The largest absolute Gasteiger partial charge is 0.513 e. The molecule has 0 aliphatic rings. The van der Waals surface area contributed by atoms with Crippen LogP contribution in [0.3, 0.4) is 0 Å². The van der Waals surface area contributed by atoms with Gasteiger partial charge in [-0.1, -0.05) is 23.7 Å². The van der Waals surface area contributed by atoms with E-state index >= 15 is 0 Å². The summed E-state index contributed by atoms with van der Waals surface area (Å²) in [5.74, 6) is -0.356. The Bertz CT molecular complexity index is 1160. The highest BCUT2D eigenvalue weighted by atomic mass is 35.5. The molecule has 7 nitrogen and oxygen atoms in total. The lowest BCUT2D eigenvalue weighted by molar-refractivity contribution is -0.111. The summed E-state index contributed by atoms with van der Waals surface area (Å²) in [5.41, 5.74) is 2.33. The van der Waals surface area contributed by atoms with Crippen LogP contribution in [0.5, 0.6) is 5.75 Å². The van der Waals surface area contributed by atoms with Crippen molar-refractivity contribution >= 4 is 47.0 Å². The summed E-state index contributed by atoms with van der Waals surface area (Å²) in [6.07, 6.45) is 2.28. The van der Waals surface area contributed by atoms with E-state index in [1.54, 1.807) is 55.5 Å².